The number of carbonyl (C=O) groups is 2. The van der Waals surface area contributed by atoms with Crippen molar-refractivity contribution in [3.63, 3.8) is 0 Å². The van der Waals surface area contributed by atoms with Gasteiger partial charge >= 0.3 is 6.09 Å². The number of nitrogens with one attached hydrogen (secondary N) is 3. The van der Waals surface area contributed by atoms with Gasteiger partial charge in [0.05, 0.1) is 0 Å². The zero-order valence-electron chi connectivity index (χ0n) is 17.6. The van der Waals surface area contributed by atoms with E-state index in [-0.39, 0.29) is 5.91 Å². The SMILES string of the molecule is Cc1cc(Nc2nc(N3CCN(C(=O)C(C)(C)NC(=O)O)CC3)nn3cccc23)n[nH]1. The molecule has 0 unspecified atom stereocenters. The highest BCUT2D eigenvalue weighted by Crippen LogP contribution is 2.23. The van der Waals surface area contributed by atoms with E-state index >= 15 is 0 Å². The Kier molecular flexibility index (Phi) is 5.13. The number of aromatic amines is 1. The van der Waals surface area contributed by atoms with Crippen molar-refractivity contribution < 1.29 is 14.7 Å². The van der Waals surface area contributed by atoms with Gasteiger partial charge in [0, 0.05) is 44.1 Å². The fraction of sp³-hybridized carbons (Fsp3) is 0.421. The van der Waals surface area contributed by atoms with Crippen LogP contribution in [0.4, 0.5) is 22.4 Å². The van der Waals surface area contributed by atoms with Crippen LogP contribution in [0, 0.1) is 6.92 Å². The summed E-state index contributed by atoms with van der Waals surface area (Å²) in [6, 6.07) is 5.70. The lowest BCUT2D eigenvalue weighted by Gasteiger charge is -2.38. The van der Waals surface area contributed by atoms with Crippen LogP contribution < -0.4 is 15.5 Å². The second-order valence-electron chi connectivity index (χ2n) is 7.99. The number of carboxylic acid groups (broad SMARTS) is 1. The van der Waals surface area contributed by atoms with E-state index in [1.807, 2.05) is 36.2 Å². The fourth-order valence-electron chi connectivity index (χ4n) is 3.58. The lowest BCUT2D eigenvalue weighted by molar-refractivity contribution is -0.137. The zero-order valence-corrected chi connectivity index (χ0v) is 17.6. The minimum atomic E-state index is -1.22. The lowest BCUT2D eigenvalue weighted by Crippen LogP contribution is -2.59. The van der Waals surface area contributed by atoms with Gasteiger partial charge in [-0.1, -0.05) is 0 Å². The predicted octanol–water partition coefficient (Wildman–Crippen LogP) is 1.20. The van der Waals surface area contributed by atoms with Crippen molar-refractivity contribution >= 4 is 35.1 Å². The Morgan fingerprint density at radius 3 is 2.61 bits per heavy atom. The topological polar surface area (TPSA) is 144 Å². The Morgan fingerprint density at radius 1 is 1.23 bits per heavy atom. The minimum absolute atomic E-state index is 0.257. The van der Waals surface area contributed by atoms with Gasteiger partial charge in [-0.05, 0) is 32.9 Å². The number of fused-ring (bicyclic) bond motifs is 1. The van der Waals surface area contributed by atoms with Gasteiger partial charge < -0.3 is 25.5 Å². The summed E-state index contributed by atoms with van der Waals surface area (Å²) >= 11 is 0. The molecule has 0 spiro atoms. The van der Waals surface area contributed by atoms with Crippen LogP contribution >= 0.6 is 0 Å². The van der Waals surface area contributed by atoms with Crippen LogP contribution in [0.1, 0.15) is 19.5 Å². The molecule has 3 aromatic rings. The van der Waals surface area contributed by atoms with Gasteiger partial charge in [0.2, 0.25) is 11.9 Å². The second-order valence-corrected chi connectivity index (χ2v) is 7.99. The maximum absolute atomic E-state index is 12.7. The second kappa shape index (κ2) is 7.78. The van der Waals surface area contributed by atoms with E-state index in [4.69, 9.17) is 10.1 Å². The molecule has 12 heteroatoms. The van der Waals surface area contributed by atoms with Gasteiger partial charge in [-0.3, -0.25) is 9.89 Å². The third-order valence-corrected chi connectivity index (χ3v) is 5.14. The summed E-state index contributed by atoms with van der Waals surface area (Å²) in [6.45, 7) is 6.99. The summed E-state index contributed by atoms with van der Waals surface area (Å²) in [6.07, 6.45) is 0.624. The van der Waals surface area contributed by atoms with Crippen LogP contribution in [0.2, 0.25) is 0 Å². The Morgan fingerprint density at radius 2 is 1.97 bits per heavy atom. The molecule has 0 radical (unpaired) electrons. The number of hydrogen-bond donors (Lipinski definition) is 4. The molecule has 12 nitrogen and oxygen atoms in total. The van der Waals surface area contributed by atoms with Crippen LogP contribution in [0.5, 0.6) is 0 Å². The minimum Gasteiger partial charge on any atom is -0.465 e. The first kappa shape index (κ1) is 20.4. The van der Waals surface area contributed by atoms with E-state index in [1.165, 1.54) is 0 Å². The molecular weight excluding hydrogens is 402 g/mol. The average molecular weight is 427 g/mol. The van der Waals surface area contributed by atoms with Crippen LogP contribution in [0.3, 0.4) is 0 Å². The van der Waals surface area contributed by atoms with Gasteiger partial charge in [-0.15, -0.1) is 5.10 Å². The molecular formula is C19H25N9O3. The molecule has 4 heterocycles. The van der Waals surface area contributed by atoms with Crippen molar-refractivity contribution in [2.75, 3.05) is 36.4 Å². The fourth-order valence-corrected chi connectivity index (χ4v) is 3.58. The molecule has 1 saturated heterocycles. The molecule has 1 aliphatic rings. The predicted molar refractivity (Wildman–Crippen MR) is 114 cm³/mol. The molecule has 0 aromatic carbocycles. The maximum atomic E-state index is 12.7. The van der Waals surface area contributed by atoms with Crippen molar-refractivity contribution in [3.8, 4) is 0 Å². The first-order valence-electron chi connectivity index (χ1n) is 9.93. The number of aryl methyl sites for hydroxylation is 1. The molecule has 2 amide bonds. The van der Waals surface area contributed by atoms with E-state index in [9.17, 15) is 9.59 Å². The Labute approximate surface area is 178 Å². The molecule has 3 aromatic heterocycles. The van der Waals surface area contributed by atoms with Crippen molar-refractivity contribution in [3.05, 3.63) is 30.1 Å². The number of aromatic nitrogens is 5. The third kappa shape index (κ3) is 4.22. The standard InChI is InChI=1S/C19H25N9O3/c1-12-11-14(24-23-12)20-15-13-5-4-6-28(13)25-17(21-15)27-9-7-26(8-10-27)16(29)19(2,3)22-18(30)31/h4-6,11,22H,7-10H2,1-3H3,(H,30,31)(H2,20,21,23,24,25). The highest BCUT2D eigenvalue weighted by atomic mass is 16.4. The summed E-state index contributed by atoms with van der Waals surface area (Å²) in [4.78, 5) is 32.0. The van der Waals surface area contributed by atoms with E-state index < -0.39 is 11.6 Å². The van der Waals surface area contributed by atoms with Gasteiger partial charge in [-0.2, -0.15) is 10.1 Å². The van der Waals surface area contributed by atoms with E-state index in [1.54, 1.807) is 23.3 Å². The van der Waals surface area contributed by atoms with Gasteiger partial charge in [-0.25, -0.2) is 9.31 Å². The molecule has 4 rings (SSSR count). The Bertz CT molecular complexity index is 1110. The van der Waals surface area contributed by atoms with Crippen LogP contribution in [-0.4, -0.2) is 78.5 Å². The van der Waals surface area contributed by atoms with Gasteiger partial charge in [0.25, 0.3) is 0 Å². The number of anilines is 3. The summed E-state index contributed by atoms with van der Waals surface area (Å²) in [5.41, 5.74) is 0.567. The number of amides is 2. The van der Waals surface area contributed by atoms with E-state index in [0.717, 1.165) is 11.2 Å². The number of rotatable bonds is 5. The summed E-state index contributed by atoms with van der Waals surface area (Å²) in [7, 11) is 0. The highest BCUT2D eigenvalue weighted by molar-refractivity contribution is 5.89. The molecule has 1 aliphatic heterocycles. The molecule has 31 heavy (non-hydrogen) atoms. The Hall–Kier alpha value is -3.83. The monoisotopic (exact) mass is 427 g/mol. The van der Waals surface area contributed by atoms with Gasteiger partial charge in [0.1, 0.15) is 11.1 Å². The van der Waals surface area contributed by atoms with Crippen molar-refractivity contribution in [2.24, 2.45) is 0 Å². The van der Waals surface area contributed by atoms with Gasteiger partial charge in [0.15, 0.2) is 11.6 Å². The van der Waals surface area contributed by atoms with Crippen molar-refractivity contribution in [1.82, 2.24) is 35.0 Å². The number of nitrogens with zero attached hydrogens (tertiary/aromatic N) is 6. The van der Waals surface area contributed by atoms with Crippen molar-refractivity contribution in [2.45, 2.75) is 26.3 Å². The van der Waals surface area contributed by atoms with Crippen LogP contribution in [0.15, 0.2) is 24.4 Å². The zero-order chi connectivity index (χ0) is 22.2. The lowest BCUT2D eigenvalue weighted by atomic mass is 10.0. The highest BCUT2D eigenvalue weighted by Gasteiger charge is 2.35. The molecule has 0 saturated carbocycles. The maximum Gasteiger partial charge on any atom is 0.405 e. The number of H-pyrrole nitrogens is 1. The third-order valence-electron chi connectivity index (χ3n) is 5.14. The normalized spacial score (nSPS) is 14.7. The smallest absolute Gasteiger partial charge is 0.405 e. The number of carbonyl (C=O) groups excluding carboxylic acids is 1. The number of hydrogen-bond acceptors (Lipinski definition) is 7. The number of piperazine rings is 1. The molecule has 1 fully saturated rings. The molecule has 0 aliphatic carbocycles. The average Bonchev–Trinajstić information content (AvgIpc) is 3.35. The van der Waals surface area contributed by atoms with Crippen molar-refractivity contribution in [1.29, 1.82) is 0 Å². The van der Waals surface area contributed by atoms with E-state index in [2.05, 4.69) is 25.9 Å². The first-order chi connectivity index (χ1) is 14.7. The molecule has 4 N–H and O–H groups in total. The molecule has 0 bridgehead atoms. The van der Waals surface area contributed by atoms with E-state index in [0.29, 0.717) is 43.8 Å². The first-order valence-corrected chi connectivity index (χ1v) is 9.93. The quantitative estimate of drug-likeness (QED) is 0.475. The molecule has 164 valence electrons. The summed E-state index contributed by atoms with van der Waals surface area (Å²) in [5, 5.41) is 26.2. The molecule has 0 atom stereocenters. The summed E-state index contributed by atoms with van der Waals surface area (Å²) in [5.74, 6) is 1.57. The largest absolute Gasteiger partial charge is 0.465 e. The Balaban J connectivity index is 1.50. The summed E-state index contributed by atoms with van der Waals surface area (Å²) < 4.78 is 1.75. The van der Waals surface area contributed by atoms with Crippen LogP contribution in [-0.2, 0) is 4.79 Å². The van der Waals surface area contributed by atoms with Crippen LogP contribution in [0.25, 0.3) is 5.52 Å².